The number of hydrogen-bond donors (Lipinski definition) is 0. The standard InChI is InChI=1S/C9H10O2/c1-2-3-7-6-8(10)4-5-9(7)11/h2,4-5,7H,1,3,6H2. The van der Waals surface area contributed by atoms with E-state index in [4.69, 9.17) is 0 Å². The first kappa shape index (κ1) is 7.92. The molecule has 1 rings (SSSR count). The molecule has 0 amide bonds. The van der Waals surface area contributed by atoms with Crippen molar-refractivity contribution in [1.29, 1.82) is 0 Å². The maximum absolute atomic E-state index is 11.0. The molecular formula is C9H10O2. The van der Waals surface area contributed by atoms with Crippen molar-refractivity contribution >= 4 is 11.6 Å². The molecule has 0 aliphatic heterocycles. The summed E-state index contributed by atoms with van der Waals surface area (Å²) in [5.41, 5.74) is 0. The van der Waals surface area contributed by atoms with Crippen molar-refractivity contribution in [3.8, 4) is 0 Å². The maximum atomic E-state index is 11.0. The van der Waals surface area contributed by atoms with E-state index in [0.717, 1.165) is 0 Å². The summed E-state index contributed by atoms with van der Waals surface area (Å²) in [5.74, 6) is -0.0639. The third kappa shape index (κ3) is 1.87. The molecule has 2 nitrogen and oxygen atoms in total. The fourth-order valence-corrected chi connectivity index (χ4v) is 1.12. The Morgan fingerprint density at radius 1 is 1.55 bits per heavy atom. The molecule has 1 unspecified atom stereocenters. The molecule has 0 radical (unpaired) electrons. The Morgan fingerprint density at radius 3 is 2.91 bits per heavy atom. The summed E-state index contributed by atoms with van der Waals surface area (Å²) in [7, 11) is 0. The average Bonchev–Trinajstić information content (AvgIpc) is 1.98. The van der Waals surface area contributed by atoms with Crippen molar-refractivity contribution in [2.75, 3.05) is 0 Å². The smallest absolute Gasteiger partial charge is 0.159 e. The van der Waals surface area contributed by atoms with Crippen molar-refractivity contribution < 1.29 is 9.59 Å². The van der Waals surface area contributed by atoms with Gasteiger partial charge in [0.1, 0.15) is 0 Å². The third-order valence-corrected chi connectivity index (χ3v) is 1.73. The largest absolute Gasteiger partial charge is 0.295 e. The normalized spacial score (nSPS) is 23.8. The van der Waals surface area contributed by atoms with E-state index in [9.17, 15) is 9.59 Å². The molecule has 0 fully saturated rings. The van der Waals surface area contributed by atoms with Gasteiger partial charge >= 0.3 is 0 Å². The van der Waals surface area contributed by atoms with Crippen LogP contribution in [-0.2, 0) is 9.59 Å². The lowest BCUT2D eigenvalue weighted by atomic mass is 9.90. The zero-order valence-electron chi connectivity index (χ0n) is 6.25. The molecule has 0 saturated carbocycles. The van der Waals surface area contributed by atoms with Crippen molar-refractivity contribution in [3.05, 3.63) is 24.8 Å². The Morgan fingerprint density at radius 2 is 2.27 bits per heavy atom. The number of carbonyl (C=O) groups excluding carboxylic acids is 2. The number of allylic oxidation sites excluding steroid dienone is 3. The Kier molecular flexibility index (Phi) is 2.36. The lowest BCUT2D eigenvalue weighted by molar-refractivity contribution is -0.124. The minimum atomic E-state index is -0.148. The van der Waals surface area contributed by atoms with E-state index in [0.29, 0.717) is 12.8 Å². The molecule has 1 atom stereocenters. The Balaban J connectivity index is 2.67. The molecule has 2 heteroatoms. The fraction of sp³-hybridized carbons (Fsp3) is 0.333. The Hall–Kier alpha value is -1.18. The summed E-state index contributed by atoms with van der Waals surface area (Å²) < 4.78 is 0. The first-order valence-corrected chi connectivity index (χ1v) is 3.59. The van der Waals surface area contributed by atoms with Crippen molar-refractivity contribution in [3.63, 3.8) is 0 Å². The van der Waals surface area contributed by atoms with Crippen LogP contribution in [-0.4, -0.2) is 11.6 Å². The van der Waals surface area contributed by atoms with Gasteiger partial charge in [-0.25, -0.2) is 0 Å². The maximum Gasteiger partial charge on any atom is 0.159 e. The number of carbonyl (C=O) groups is 2. The molecule has 0 heterocycles. The van der Waals surface area contributed by atoms with Crippen molar-refractivity contribution in [1.82, 2.24) is 0 Å². The van der Waals surface area contributed by atoms with Gasteiger partial charge in [0, 0.05) is 12.3 Å². The minimum absolute atomic E-state index is 0.0384. The summed E-state index contributed by atoms with van der Waals surface area (Å²) in [6, 6.07) is 0. The van der Waals surface area contributed by atoms with E-state index in [1.807, 2.05) is 0 Å². The highest BCUT2D eigenvalue weighted by molar-refractivity contribution is 6.05. The van der Waals surface area contributed by atoms with Gasteiger partial charge in [0.05, 0.1) is 0 Å². The number of rotatable bonds is 2. The summed E-state index contributed by atoms with van der Waals surface area (Å²) >= 11 is 0. The average molecular weight is 150 g/mol. The molecule has 1 aliphatic carbocycles. The van der Waals surface area contributed by atoms with Crippen LogP contribution in [0, 0.1) is 5.92 Å². The van der Waals surface area contributed by atoms with E-state index in [-0.39, 0.29) is 17.5 Å². The topological polar surface area (TPSA) is 34.1 Å². The van der Waals surface area contributed by atoms with E-state index in [1.54, 1.807) is 6.08 Å². The van der Waals surface area contributed by atoms with Gasteiger partial charge in [0.15, 0.2) is 11.6 Å². The Bertz CT molecular complexity index is 226. The molecule has 0 bridgehead atoms. The molecule has 11 heavy (non-hydrogen) atoms. The predicted molar refractivity (Wildman–Crippen MR) is 42.1 cm³/mol. The van der Waals surface area contributed by atoms with Gasteiger partial charge in [0.2, 0.25) is 0 Å². The SMILES string of the molecule is C=CCC1CC(=O)C=CC1=O. The van der Waals surface area contributed by atoms with Gasteiger partial charge in [-0.2, -0.15) is 0 Å². The van der Waals surface area contributed by atoms with Crippen LogP contribution in [0.15, 0.2) is 24.8 Å². The van der Waals surface area contributed by atoms with Crippen LogP contribution in [0.25, 0.3) is 0 Å². The van der Waals surface area contributed by atoms with Crippen molar-refractivity contribution in [2.45, 2.75) is 12.8 Å². The highest BCUT2D eigenvalue weighted by atomic mass is 16.1. The van der Waals surface area contributed by atoms with Gasteiger partial charge in [-0.05, 0) is 18.6 Å². The third-order valence-electron chi connectivity index (χ3n) is 1.73. The molecular weight excluding hydrogens is 140 g/mol. The summed E-state index contributed by atoms with van der Waals surface area (Å²) in [5, 5.41) is 0. The highest BCUT2D eigenvalue weighted by Crippen LogP contribution is 2.16. The lowest BCUT2D eigenvalue weighted by Crippen LogP contribution is -2.19. The van der Waals surface area contributed by atoms with Crippen LogP contribution in [0.1, 0.15) is 12.8 Å². The molecule has 0 spiro atoms. The zero-order chi connectivity index (χ0) is 8.27. The molecule has 0 N–H and O–H groups in total. The molecule has 0 aromatic carbocycles. The van der Waals surface area contributed by atoms with E-state index in [2.05, 4.69) is 6.58 Å². The molecule has 0 saturated heterocycles. The summed E-state index contributed by atoms with van der Waals surface area (Å²) in [4.78, 5) is 21.9. The minimum Gasteiger partial charge on any atom is -0.295 e. The molecule has 1 aliphatic rings. The second-order valence-electron chi connectivity index (χ2n) is 2.63. The van der Waals surface area contributed by atoms with Crippen LogP contribution >= 0.6 is 0 Å². The fourth-order valence-electron chi connectivity index (χ4n) is 1.12. The van der Waals surface area contributed by atoms with Crippen LogP contribution in [0.4, 0.5) is 0 Å². The van der Waals surface area contributed by atoms with Gasteiger partial charge in [0.25, 0.3) is 0 Å². The monoisotopic (exact) mass is 150 g/mol. The van der Waals surface area contributed by atoms with Crippen molar-refractivity contribution in [2.24, 2.45) is 5.92 Å². The van der Waals surface area contributed by atoms with Gasteiger partial charge in [-0.1, -0.05) is 6.08 Å². The lowest BCUT2D eigenvalue weighted by Gasteiger charge is -2.12. The Labute approximate surface area is 65.6 Å². The quantitative estimate of drug-likeness (QED) is 0.555. The number of ketones is 2. The first-order valence-electron chi connectivity index (χ1n) is 3.59. The zero-order valence-corrected chi connectivity index (χ0v) is 6.25. The summed E-state index contributed by atoms with van der Waals surface area (Å²) in [6.07, 6.45) is 5.34. The number of hydrogen-bond acceptors (Lipinski definition) is 2. The predicted octanol–water partition coefficient (Wildman–Crippen LogP) is 1.28. The van der Waals surface area contributed by atoms with E-state index in [1.165, 1.54) is 12.2 Å². The van der Waals surface area contributed by atoms with Crippen LogP contribution in [0.5, 0.6) is 0 Å². The van der Waals surface area contributed by atoms with Gasteiger partial charge in [-0.15, -0.1) is 6.58 Å². The van der Waals surface area contributed by atoms with Crippen LogP contribution in [0.3, 0.4) is 0 Å². The van der Waals surface area contributed by atoms with E-state index < -0.39 is 0 Å². The summed E-state index contributed by atoms with van der Waals surface area (Å²) in [6.45, 7) is 3.53. The first-order chi connectivity index (χ1) is 5.24. The second kappa shape index (κ2) is 3.28. The molecule has 58 valence electrons. The van der Waals surface area contributed by atoms with Crippen LogP contribution < -0.4 is 0 Å². The van der Waals surface area contributed by atoms with Crippen LogP contribution in [0.2, 0.25) is 0 Å². The second-order valence-corrected chi connectivity index (χ2v) is 2.63. The molecule has 0 aromatic rings. The van der Waals surface area contributed by atoms with Gasteiger partial charge < -0.3 is 0 Å². The molecule has 0 aromatic heterocycles. The van der Waals surface area contributed by atoms with Gasteiger partial charge in [-0.3, -0.25) is 9.59 Å². The highest BCUT2D eigenvalue weighted by Gasteiger charge is 2.21. The van der Waals surface area contributed by atoms with E-state index >= 15 is 0 Å².